The van der Waals surface area contributed by atoms with Crippen molar-refractivity contribution in [1.82, 2.24) is 0 Å². The average molecular weight is 220 g/mol. The standard InChI is InChI=1S/C11H24O2S/c1-14(13)11-9-7-5-3-2-4-6-8-10-12/h12H,2-11H2,1H3. The molecule has 0 radical (unpaired) electrons. The normalized spacial score (nSPS) is 13.0. The van der Waals surface area contributed by atoms with Crippen molar-refractivity contribution in [2.75, 3.05) is 18.6 Å². The molecule has 0 aliphatic heterocycles. The molecule has 1 unspecified atom stereocenters. The Morgan fingerprint density at radius 2 is 1.29 bits per heavy atom. The molecular formula is C11H24O2S. The molecule has 0 saturated heterocycles. The summed E-state index contributed by atoms with van der Waals surface area (Å²) in [5.41, 5.74) is 0. The van der Waals surface area contributed by atoms with Crippen LogP contribution in [0.3, 0.4) is 0 Å². The van der Waals surface area contributed by atoms with Crippen LogP contribution < -0.4 is 0 Å². The fourth-order valence-electron chi connectivity index (χ4n) is 1.48. The molecule has 2 nitrogen and oxygen atoms in total. The lowest BCUT2D eigenvalue weighted by Gasteiger charge is -2.00. The molecule has 0 amide bonds. The van der Waals surface area contributed by atoms with Crippen LogP contribution in [0.25, 0.3) is 0 Å². The van der Waals surface area contributed by atoms with E-state index in [9.17, 15) is 4.21 Å². The van der Waals surface area contributed by atoms with Gasteiger partial charge in [-0.05, 0) is 12.8 Å². The third kappa shape index (κ3) is 12.1. The summed E-state index contributed by atoms with van der Waals surface area (Å²) >= 11 is 0. The van der Waals surface area contributed by atoms with Gasteiger partial charge in [0.05, 0.1) is 0 Å². The van der Waals surface area contributed by atoms with E-state index in [1.807, 2.05) is 0 Å². The lowest BCUT2D eigenvalue weighted by atomic mass is 10.1. The third-order valence-corrected chi connectivity index (χ3v) is 3.20. The van der Waals surface area contributed by atoms with Gasteiger partial charge in [0.15, 0.2) is 0 Å². The lowest BCUT2D eigenvalue weighted by molar-refractivity contribution is 0.282. The molecule has 0 bridgehead atoms. The van der Waals surface area contributed by atoms with Crippen molar-refractivity contribution >= 4 is 10.8 Å². The van der Waals surface area contributed by atoms with E-state index in [2.05, 4.69) is 0 Å². The number of unbranched alkanes of at least 4 members (excludes halogenated alkanes) is 7. The highest BCUT2D eigenvalue weighted by Crippen LogP contribution is 2.08. The zero-order valence-electron chi connectivity index (χ0n) is 9.33. The van der Waals surface area contributed by atoms with Crippen molar-refractivity contribution in [2.45, 2.75) is 51.4 Å². The Balaban J connectivity index is 2.88. The van der Waals surface area contributed by atoms with Crippen LogP contribution in [-0.2, 0) is 10.8 Å². The molecule has 0 aromatic carbocycles. The van der Waals surface area contributed by atoms with Gasteiger partial charge < -0.3 is 5.11 Å². The molecule has 86 valence electrons. The monoisotopic (exact) mass is 220 g/mol. The first kappa shape index (κ1) is 14.1. The number of rotatable bonds is 10. The van der Waals surface area contributed by atoms with E-state index in [0.717, 1.165) is 25.0 Å². The van der Waals surface area contributed by atoms with Crippen LogP contribution in [0, 0.1) is 0 Å². The van der Waals surface area contributed by atoms with Crippen molar-refractivity contribution in [1.29, 1.82) is 0 Å². The van der Waals surface area contributed by atoms with Gasteiger partial charge in [-0.1, -0.05) is 38.5 Å². The molecule has 0 aromatic heterocycles. The molecule has 0 saturated carbocycles. The number of aliphatic hydroxyl groups is 1. The Morgan fingerprint density at radius 3 is 1.71 bits per heavy atom. The quantitative estimate of drug-likeness (QED) is 0.574. The Hall–Kier alpha value is 0.110. The molecule has 0 fully saturated rings. The first-order valence-corrected chi connectivity index (χ1v) is 7.41. The molecule has 1 atom stereocenters. The van der Waals surface area contributed by atoms with Crippen molar-refractivity contribution in [3.8, 4) is 0 Å². The summed E-state index contributed by atoms with van der Waals surface area (Å²) < 4.78 is 10.7. The van der Waals surface area contributed by atoms with Gasteiger partial charge >= 0.3 is 0 Å². The van der Waals surface area contributed by atoms with Crippen LogP contribution in [0.1, 0.15) is 51.4 Å². The summed E-state index contributed by atoms with van der Waals surface area (Å²) in [6.07, 6.45) is 11.3. The summed E-state index contributed by atoms with van der Waals surface area (Å²) in [5.74, 6) is 0.866. The minimum Gasteiger partial charge on any atom is -0.396 e. The average Bonchev–Trinajstić information content (AvgIpc) is 2.15. The first-order chi connectivity index (χ1) is 6.77. The van der Waals surface area contributed by atoms with Crippen molar-refractivity contribution in [2.24, 2.45) is 0 Å². The SMILES string of the molecule is CS(=O)CCCCCCCCCCO. The molecule has 0 aliphatic rings. The Morgan fingerprint density at radius 1 is 0.857 bits per heavy atom. The van der Waals surface area contributed by atoms with Gasteiger partial charge in [0.2, 0.25) is 0 Å². The van der Waals surface area contributed by atoms with E-state index < -0.39 is 10.8 Å². The van der Waals surface area contributed by atoms with Gasteiger partial charge in [-0.15, -0.1) is 0 Å². The summed E-state index contributed by atoms with van der Waals surface area (Å²) in [6, 6.07) is 0. The molecule has 0 spiro atoms. The number of hydrogen-bond donors (Lipinski definition) is 1. The fraction of sp³-hybridized carbons (Fsp3) is 1.00. The number of hydrogen-bond acceptors (Lipinski definition) is 2. The van der Waals surface area contributed by atoms with Crippen molar-refractivity contribution in [3.63, 3.8) is 0 Å². The highest BCUT2D eigenvalue weighted by molar-refractivity contribution is 7.84. The molecule has 0 aliphatic carbocycles. The second-order valence-electron chi connectivity index (χ2n) is 3.83. The minimum absolute atomic E-state index is 0.336. The lowest BCUT2D eigenvalue weighted by Crippen LogP contribution is -1.93. The maximum Gasteiger partial charge on any atom is 0.0431 e. The molecule has 0 rings (SSSR count). The Kier molecular flexibility index (Phi) is 11.3. The van der Waals surface area contributed by atoms with E-state index in [-0.39, 0.29) is 0 Å². The fourth-order valence-corrected chi connectivity index (χ4v) is 2.09. The zero-order chi connectivity index (χ0) is 10.6. The topological polar surface area (TPSA) is 37.3 Å². The van der Waals surface area contributed by atoms with E-state index in [1.165, 1.54) is 32.1 Å². The molecule has 1 N–H and O–H groups in total. The van der Waals surface area contributed by atoms with Crippen molar-refractivity contribution in [3.05, 3.63) is 0 Å². The second-order valence-corrected chi connectivity index (χ2v) is 5.38. The van der Waals surface area contributed by atoms with Gasteiger partial charge in [0, 0.05) is 29.4 Å². The van der Waals surface area contributed by atoms with Crippen LogP contribution in [0.4, 0.5) is 0 Å². The Labute approximate surface area is 90.6 Å². The van der Waals surface area contributed by atoms with Gasteiger partial charge in [-0.25, -0.2) is 0 Å². The van der Waals surface area contributed by atoms with Crippen LogP contribution in [0.2, 0.25) is 0 Å². The zero-order valence-corrected chi connectivity index (χ0v) is 10.2. The molecular weight excluding hydrogens is 196 g/mol. The first-order valence-electron chi connectivity index (χ1n) is 5.68. The maximum atomic E-state index is 10.7. The van der Waals surface area contributed by atoms with Gasteiger partial charge in [-0.3, -0.25) is 4.21 Å². The predicted molar refractivity (Wildman–Crippen MR) is 63.0 cm³/mol. The van der Waals surface area contributed by atoms with Crippen LogP contribution in [0.15, 0.2) is 0 Å². The second kappa shape index (κ2) is 11.2. The van der Waals surface area contributed by atoms with E-state index in [0.29, 0.717) is 6.61 Å². The predicted octanol–water partition coefficient (Wildman–Crippen LogP) is 2.48. The molecule has 14 heavy (non-hydrogen) atoms. The highest BCUT2D eigenvalue weighted by atomic mass is 32.2. The molecule has 0 heterocycles. The molecule has 0 aromatic rings. The Bertz CT molecular complexity index is 137. The minimum atomic E-state index is -0.605. The summed E-state index contributed by atoms with van der Waals surface area (Å²) in [5, 5.41) is 8.56. The van der Waals surface area contributed by atoms with E-state index in [4.69, 9.17) is 5.11 Å². The van der Waals surface area contributed by atoms with Gasteiger partial charge in [-0.2, -0.15) is 0 Å². The summed E-state index contributed by atoms with van der Waals surface area (Å²) in [6.45, 7) is 0.336. The van der Waals surface area contributed by atoms with Gasteiger partial charge in [0.1, 0.15) is 0 Å². The van der Waals surface area contributed by atoms with Gasteiger partial charge in [0.25, 0.3) is 0 Å². The van der Waals surface area contributed by atoms with E-state index >= 15 is 0 Å². The smallest absolute Gasteiger partial charge is 0.0431 e. The van der Waals surface area contributed by atoms with Crippen LogP contribution in [0.5, 0.6) is 0 Å². The number of aliphatic hydroxyl groups excluding tert-OH is 1. The van der Waals surface area contributed by atoms with E-state index in [1.54, 1.807) is 6.26 Å². The molecule has 3 heteroatoms. The van der Waals surface area contributed by atoms with Crippen LogP contribution in [-0.4, -0.2) is 27.9 Å². The largest absolute Gasteiger partial charge is 0.396 e. The summed E-state index contributed by atoms with van der Waals surface area (Å²) in [4.78, 5) is 0. The highest BCUT2D eigenvalue weighted by Gasteiger charge is 1.93. The maximum absolute atomic E-state index is 10.7. The third-order valence-electron chi connectivity index (χ3n) is 2.34. The summed E-state index contributed by atoms with van der Waals surface area (Å²) in [7, 11) is -0.605. The van der Waals surface area contributed by atoms with Crippen molar-refractivity contribution < 1.29 is 9.32 Å². The van der Waals surface area contributed by atoms with Crippen LogP contribution >= 0.6 is 0 Å².